The number of halogens is 1. The zero-order valence-corrected chi connectivity index (χ0v) is 11.9. The molecule has 0 aromatic heterocycles. The van der Waals surface area contributed by atoms with Crippen LogP contribution in [0.4, 0.5) is 14.9 Å². The van der Waals surface area contributed by atoms with E-state index in [9.17, 15) is 9.18 Å². The van der Waals surface area contributed by atoms with Gasteiger partial charge in [-0.25, -0.2) is 9.18 Å². The number of nitrogens with zero attached hydrogens (tertiary/aromatic N) is 2. The van der Waals surface area contributed by atoms with Crippen molar-refractivity contribution in [2.24, 2.45) is 0 Å². The highest BCUT2D eigenvalue weighted by molar-refractivity contribution is 5.74. The second kappa shape index (κ2) is 7.12. The SMILES string of the molecule is CCCCNC(=O)N1CCN(c2ccc(F)cc2)CC1. The Bertz CT molecular complexity index is 427. The first-order chi connectivity index (χ1) is 9.70. The van der Waals surface area contributed by atoms with E-state index in [1.54, 1.807) is 12.1 Å². The van der Waals surface area contributed by atoms with Crippen LogP contribution in [-0.2, 0) is 0 Å². The van der Waals surface area contributed by atoms with E-state index < -0.39 is 0 Å². The molecule has 1 fully saturated rings. The van der Waals surface area contributed by atoms with Crippen LogP contribution in [0, 0.1) is 5.82 Å². The lowest BCUT2D eigenvalue weighted by Crippen LogP contribution is -2.52. The number of nitrogens with one attached hydrogen (secondary N) is 1. The van der Waals surface area contributed by atoms with Crippen LogP contribution in [0.2, 0.25) is 0 Å². The lowest BCUT2D eigenvalue weighted by molar-refractivity contribution is 0.194. The molecule has 1 aliphatic heterocycles. The lowest BCUT2D eigenvalue weighted by atomic mass is 10.2. The Kier molecular flexibility index (Phi) is 5.21. The van der Waals surface area contributed by atoms with Gasteiger partial charge in [0.25, 0.3) is 0 Å². The van der Waals surface area contributed by atoms with Gasteiger partial charge in [0.1, 0.15) is 5.82 Å². The third kappa shape index (κ3) is 3.85. The maximum atomic E-state index is 12.9. The van der Waals surface area contributed by atoms with Crippen LogP contribution < -0.4 is 10.2 Å². The maximum Gasteiger partial charge on any atom is 0.317 e. The Hall–Kier alpha value is -1.78. The average Bonchev–Trinajstić information content (AvgIpc) is 2.48. The maximum absolute atomic E-state index is 12.9. The van der Waals surface area contributed by atoms with Crippen LogP contribution in [0.25, 0.3) is 0 Å². The fraction of sp³-hybridized carbons (Fsp3) is 0.533. The number of carbonyl (C=O) groups is 1. The summed E-state index contributed by atoms with van der Waals surface area (Å²) in [5.41, 5.74) is 1.01. The normalized spacial score (nSPS) is 15.3. The minimum absolute atomic E-state index is 0.0252. The molecule has 1 aromatic carbocycles. The molecule has 110 valence electrons. The molecule has 20 heavy (non-hydrogen) atoms. The number of amides is 2. The van der Waals surface area contributed by atoms with Crippen molar-refractivity contribution < 1.29 is 9.18 Å². The van der Waals surface area contributed by atoms with E-state index in [1.807, 2.05) is 4.90 Å². The van der Waals surface area contributed by atoms with Crippen LogP contribution in [0.3, 0.4) is 0 Å². The number of hydrogen-bond donors (Lipinski definition) is 1. The van der Waals surface area contributed by atoms with Crippen molar-refractivity contribution in [3.8, 4) is 0 Å². The van der Waals surface area contributed by atoms with Crippen LogP contribution in [0.5, 0.6) is 0 Å². The van der Waals surface area contributed by atoms with E-state index in [0.29, 0.717) is 13.1 Å². The summed E-state index contributed by atoms with van der Waals surface area (Å²) in [7, 11) is 0. The molecular formula is C15H22FN3O. The van der Waals surface area contributed by atoms with Gasteiger partial charge in [0.2, 0.25) is 0 Å². The monoisotopic (exact) mass is 279 g/mol. The Morgan fingerprint density at radius 3 is 2.45 bits per heavy atom. The summed E-state index contributed by atoms with van der Waals surface area (Å²) >= 11 is 0. The van der Waals surface area contributed by atoms with Crippen molar-refractivity contribution in [3.05, 3.63) is 30.1 Å². The molecule has 1 N–H and O–H groups in total. The van der Waals surface area contributed by atoms with Crippen LogP contribution in [-0.4, -0.2) is 43.7 Å². The molecular weight excluding hydrogens is 257 g/mol. The second-order valence-corrected chi connectivity index (χ2v) is 5.04. The van der Waals surface area contributed by atoms with Crippen LogP contribution in [0.1, 0.15) is 19.8 Å². The van der Waals surface area contributed by atoms with E-state index in [-0.39, 0.29) is 11.8 Å². The van der Waals surface area contributed by atoms with Crippen molar-refractivity contribution in [2.75, 3.05) is 37.6 Å². The molecule has 0 atom stereocenters. The first-order valence-electron chi connectivity index (χ1n) is 7.24. The minimum Gasteiger partial charge on any atom is -0.368 e. The van der Waals surface area contributed by atoms with Gasteiger partial charge in [-0.05, 0) is 30.7 Å². The quantitative estimate of drug-likeness (QED) is 0.859. The molecule has 0 radical (unpaired) electrons. The highest BCUT2D eigenvalue weighted by Crippen LogP contribution is 2.16. The number of anilines is 1. The van der Waals surface area contributed by atoms with Gasteiger partial charge in [-0.3, -0.25) is 0 Å². The molecule has 0 aliphatic carbocycles. The summed E-state index contributed by atoms with van der Waals surface area (Å²) in [6.45, 7) is 5.82. The minimum atomic E-state index is -0.220. The van der Waals surface area contributed by atoms with E-state index in [4.69, 9.17) is 0 Å². The number of benzene rings is 1. The van der Waals surface area contributed by atoms with E-state index in [0.717, 1.165) is 38.2 Å². The third-order valence-electron chi connectivity index (χ3n) is 3.57. The van der Waals surface area contributed by atoms with Gasteiger partial charge >= 0.3 is 6.03 Å². The molecule has 2 rings (SSSR count). The Balaban J connectivity index is 1.80. The topological polar surface area (TPSA) is 35.6 Å². The molecule has 1 aromatic rings. The van der Waals surface area contributed by atoms with Crippen molar-refractivity contribution in [1.82, 2.24) is 10.2 Å². The summed E-state index contributed by atoms with van der Waals surface area (Å²) in [5, 5.41) is 2.93. The van der Waals surface area contributed by atoms with Crippen molar-refractivity contribution in [1.29, 1.82) is 0 Å². The molecule has 1 heterocycles. The van der Waals surface area contributed by atoms with Crippen molar-refractivity contribution >= 4 is 11.7 Å². The standard InChI is InChI=1S/C15H22FN3O/c1-2-3-8-17-15(20)19-11-9-18(10-12-19)14-6-4-13(16)5-7-14/h4-7H,2-3,8-12H2,1H3,(H,17,20). The van der Waals surface area contributed by atoms with Crippen LogP contribution in [0.15, 0.2) is 24.3 Å². The molecule has 5 heteroatoms. The highest BCUT2D eigenvalue weighted by atomic mass is 19.1. The number of rotatable bonds is 4. The van der Waals surface area contributed by atoms with Gasteiger partial charge in [0.05, 0.1) is 0 Å². The highest BCUT2D eigenvalue weighted by Gasteiger charge is 2.20. The van der Waals surface area contributed by atoms with E-state index in [1.165, 1.54) is 12.1 Å². The van der Waals surface area contributed by atoms with E-state index >= 15 is 0 Å². The Morgan fingerprint density at radius 2 is 1.85 bits per heavy atom. The van der Waals surface area contributed by atoms with Crippen molar-refractivity contribution in [2.45, 2.75) is 19.8 Å². The largest absolute Gasteiger partial charge is 0.368 e. The van der Waals surface area contributed by atoms with Gasteiger partial charge in [-0.1, -0.05) is 13.3 Å². The predicted octanol–water partition coefficient (Wildman–Crippen LogP) is 2.46. The predicted molar refractivity (Wildman–Crippen MR) is 78.5 cm³/mol. The molecule has 4 nitrogen and oxygen atoms in total. The Morgan fingerprint density at radius 1 is 1.20 bits per heavy atom. The number of unbranched alkanes of at least 4 members (excludes halogenated alkanes) is 1. The second-order valence-electron chi connectivity index (χ2n) is 5.04. The summed E-state index contributed by atoms with van der Waals surface area (Å²) in [6.07, 6.45) is 2.10. The number of urea groups is 1. The zero-order valence-electron chi connectivity index (χ0n) is 11.9. The molecule has 0 unspecified atom stereocenters. The molecule has 0 spiro atoms. The number of piperazine rings is 1. The smallest absolute Gasteiger partial charge is 0.317 e. The third-order valence-corrected chi connectivity index (χ3v) is 3.57. The first kappa shape index (κ1) is 14.6. The molecule has 1 aliphatic rings. The zero-order chi connectivity index (χ0) is 14.4. The molecule has 2 amide bonds. The Labute approximate surface area is 119 Å². The fourth-order valence-electron chi connectivity index (χ4n) is 2.30. The summed E-state index contributed by atoms with van der Waals surface area (Å²) < 4.78 is 12.9. The summed E-state index contributed by atoms with van der Waals surface area (Å²) in [5.74, 6) is -0.220. The average molecular weight is 279 g/mol. The van der Waals surface area contributed by atoms with Gasteiger partial charge < -0.3 is 15.1 Å². The lowest BCUT2D eigenvalue weighted by Gasteiger charge is -2.36. The first-order valence-corrected chi connectivity index (χ1v) is 7.24. The van der Waals surface area contributed by atoms with Gasteiger partial charge in [0.15, 0.2) is 0 Å². The fourth-order valence-corrected chi connectivity index (χ4v) is 2.30. The van der Waals surface area contributed by atoms with Crippen LogP contribution >= 0.6 is 0 Å². The summed E-state index contributed by atoms with van der Waals surface area (Å²) in [6, 6.07) is 6.54. The molecule has 1 saturated heterocycles. The number of carbonyl (C=O) groups excluding carboxylic acids is 1. The van der Waals surface area contributed by atoms with E-state index in [2.05, 4.69) is 17.1 Å². The number of hydrogen-bond acceptors (Lipinski definition) is 2. The van der Waals surface area contributed by atoms with Gasteiger partial charge in [0, 0.05) is 38.4 Å². The summed E-state index contributed by atoms with van der Waals surface area (Å²) in [4.78, 5) is 15.9. The van der Waals surface area contributed by atoms with Gasteiger partial charge in [-0.15, -0.1) is 0 Å². The van der Waals surface area contributed by atoms with Crippen molar-refractivity contribution in [3.63, 3.8) is 0 Å². The molecule has 0 saturated carbocycles. The van der Waals surface area contributed by atoms with Gasteiger partial charge in [-0.2, -0.15) is 0 Å². The molecule has 0 bridgehead atoms.